The molecule has 0 amide bonds. The van der Waals surface area contributed by atoms with Gasteiger partial charge >= 0.3 is 0 Å². The van der Waals surface area contributed by atoms with Gasteiger partial charge in [-0.2, -0.15) is 0 Å². The fourth-order valence-electron chi connectivity index (χ4n) is 2.68. The first-order valence-corrected chi connectivity index (χ1v) is 8.01. The molecule has 4 heteroatoms. The molecular weight excluding hydrogens is 318 g/mol. The van der Waals surface area contributed by atoms with Crippen LogP contribution in [-0.2, 0) is 0 Å². The van der Waals surface area contributed by atoms with Gasteiger partial charge in [0, 0.05) is 34.1 Å². The molecule has 2 heterocycles. The van der Waals surface area contributed by atoms with Crippen LogP contribution >= 0.6 is 11.6 Å². The van der Waals surface area contributed by atoms with Crippen molar-refractivity contribution in [1.82, 2.24) is 9.97 Å². The molecule has 0 radical (unpaired) electrons. The molecule has 0 unspecified atom stereocenters. The number of hydrogen-bond acceptors (Lipinski definition) is 3. The van der Waals surface area contributed by atoms with Crippen LogP contribution in [0.25, 0.3) is 22.2 Å². The highest BCUT2D eigenvalue weighted by atomic mass is 35.5. The second-order valence-corrected chi connectivity index (χ2v) is 5.82. The van der Waals surface area contributed by atoms with Gasteiger partial charge in [0.1, 0.15) is 0 Å². The third-order valence-electron chi connectivity index (χ3n) is 3.83. The average molecular weight is 332 g/mol. The molecule has 0 saturated heterocycles. The Morgan fingerprint density at radius 1 is 0.833 bits per heavy atom. The summed E-state index contributed by atoms with van der Waals surface area (Å²) in [5, 5.41) is 5.20. The summed E-state index contributed by atoms with van der Waals surface area (Å²) < 4.78 is 0. The molecule has 0 bridgehead atoms. The van der Waals surface area contributed by atoms with Gasteiger partial charge in [-0.15, -0.1) is 0 Å². The molecular formula is C20H14ClN3. The number of anilines is 2. The minimum Gasteiger partial charge on any atom is -0.355 e. The van der Waals surface area contributed by atoms with Crippen LogP contribution in [0.3, 0.4) is 0 Å². The van der Waals surface area contributed by atoms with Crippen molar-refractivity contribution >= 4 is 33.9 Å². The van der Waals surface area contributed by atoms with E-state index < -0.39 is 0 Å². The van der Waals surface area contributed by atoms with Crippen molar-refractivity contribution in [2.24, 2.45) is 0 Å². The first-order valence-electron chi connectivity index (χ1n) is 7.63. The van der Waals surface area contributed by atoms with Gasteiger partial charge in [0.25, 0.3) is 0 Å². The molecule has 0 spiro atoms. The van der Waals surface area contributed by atoms with Gasteiger partial charge in [-0.05, 0) is 30.3 Å². The molecule has 1 N–H and O–H groups in total. The highest BCUT2D eigenvalue weighted by molar-refractivity contribution is 6.33. The van der Waals surface area contributed by atoms with E-state index in [0.29, 0.717) is 5.02 Å². The second kappa shape index (κ2) is 6.30. The summed E-state index contributed by atoms with van der Waals surface area (Å²) in [6.45, 7) is 0. The third-order valence-corrected chi connectivity index (χ3v) is 4.15. The Bertz CT molecular complexity index is 1000. The summed E-state index contributed by atoms with van der Waals surface area (Å²) in [5.74, 6) is 0. The van der Waals surface area contributed by atoms with Crippen LogP contribution in [0.4, 0.5) is 11.4 Å². The third kappa shape index (κ3) is 2.82. The molecule has 0 atom stereocenters. The van der Waals surface area contributed by atoms with Crippen molar-refractivity contribution in [1.29, 1.82) is 0 Å². The molecule has 2 aromatic carbocycles. The first-order chi connectivity index (χ1) is 11.8. The van der Waals surface area contributed by atoms with E-state index in [1.54, 1.807) is 12.4 Å². The van der Waals surface area contributed by atoms with Crippen LogP contribution in [0, 0.1) is 0 Å². The van der Waals surface area contributed by atoms with Crippen LogP contribution in [0.5, 0.6) is 0 Å². The Kier molecular flexibility index (Phi) is 3.85. The Labute approximate surface area is 145 Å². The molecule has 0 aliphatic rings. The Hall–Kier alpha value is -2.91. The predicted molar refractivity (Wildman–Crippen MR) is 99.7 cm³/mol. The normalized spacial score (nSPS) is 10.7. The van der Waals surface area contributed by atoms with E-state index in [1.165, 1.54) is 0 Å². The van der Waals surface area contributed by atoms with E-state index in [0.717, 1.165) is 33.5 Å². The Balaban J connectivity index is 1.90. The smallest absolute Gasteiger partial charge is 0.0745 e. The number of nitrogens with zero attached hydrogens (tertiary/aromatic N) is 2. The van der Waals surface area contributed by atoms with E-state index in [4.69, 9.17) is 16.6 Å². The monoisotopic (exact) mass is 331 g/mol. The predicted octanol–water partition coefficient (Wildman–Crippen LogP) is 5.69. The molecule has 0 aliphatic carbocycles. The van der Waals surface area contributed by atoms with Gasteiger partial charge in [0.05, 0.1) is 16.9 Å². The van der Waals surface area contributed by atoms with Crippen molar-refractivity contribution in [2.45, 2.75) is 0 Å². The number of para-hydroxylation sites is 1. The maximum Gasteiger partial charge on any atom is 0.0745 e. The zero-order valence-electron chi connectivity index (χ0n) is 12.8. The second-order valence-electron chi connectivity index (χ2n) is 5.41. The summed E-state index contributed by atoms with van der Waals surface area (Å²) in [6, 6.07) is 21.7. The summed E-state index contributed by atoms with van der Waals surface area (Å²) in [4.78, 5) is 8.83. The van der Waals surface area contributed by atoms with Crippen molar-refractivity contribution < 1.29 is 0 Å². The molecule has 116 valence electrons. The summed E-state index contributed by atoms with van der Waals surface area (Å²) in [6.07, 6.45) is 3.53. The lowest BCUT2D eigenvalue weighted by atomic mass is 10.1. The van der Waals surface area contributed by atoms with E-state index in [2.05, 4.69) is 16.4 Å². The van der Waals surface area contributed by atoms with E-state index in [1.807, 2.05) is 60.7 Å². The standard InChI is InChI=1S/C20H14ClN3/c21-17-7-3-1-5-15(17)19-13-20(23-14-9-11-22-12-10-14)16-6-2-4-8-18(16)24-19/h1-13H,(H,22,23,24). The molecule has 0 fully saturated rings. The van der Waals surface area contributed by atoms with Crippen LogP contribution < -0.4 is 5.32 Å². The number of rotatable bonds is 3. The number of hydrogen-bond donors (Lipinski definition) is 1. The maximum atomic E-state index is 6.35. The molecule has 24 heavy (non-hydrogen) atoms. The number of fused-ring (bicyclic) bond motifs is 1. The fraction of sp³-hybridized carbons (Fsp3) is 0. The van der Waals surface area contributed by atoms with Gasteiger partial charge < -0.3 is 5.32 Å². The minimum absolute atomic E-state index is 0.690. The van der Waals surface area contributed by atoms with Crippen molar-refractivity contribution in [3.63, 3.8) is 0 Å². The average Bonchev–Trinajstić information content (AvgIpc) is 2.63. The van der Waals surface area contributed by atoms with Crippen molar-refractivity contribution in [2.75, 3.05) is 5.32 Å². The van der Waals surface area contributed by atoms with Crippen LogP contribution in [0.15, 0.2) is 79.1 Å². The Morgan fingerprint density at radius 3 is 2.42 bits per heavy atom. The molecule has 0 saturated carbocycles. The number of benzene rings is 2. The lowest BCUT2D eigenvalue weighted by molar-refractivity contribution is 1.32. The number of aromatic nitrogens is 2. The lowest BCUT2D eigenvalue weighted by Crippen LogP contribution is -1.95. The quantitative estimate of drug-likeness (QED) is 0.523. The summed E-state index contributed by atoms with van der Waals surface area (Å²) >= 11 is 6.35. The topological polar surface area (TPSA) is 37.8 Å². The van der Waals surface area contributed by atoms with Gasteiger partial charge in [-0.3, -0.25) is 4.98 Å². The maximum absolute atomic E-state index is 6.35. The number of halogens is 1. The van der Waals surface area contributed by atoms with Crippen LogP contribution in [-0.4, -0.2) is 9.97 Å². The molecule has 0 aliphatic heterocycles. The van der Waals surface area contributed by atoms with Gasteiger partial charge in [-0.1, -0.05) is 48.0 Å². The zero-order valence-corrected chi connectivity index (χ0v) is 13.5. The highest BCUT2D eigenvalue weighted by Crippen LogP contribution is 2.33. The van der Waals surface area contributed by atoms with Gasteiger partial charge in [0.15, 0.2) is 0 Å². The number of pyridine rings is 2. The van der Waals surface area contributed by atoms with E-state index in [-0.39, 0.29) is 0 Å². The van der Waals surface area contributed by atoms with Crippen molar-refractivity contribution in [3.8, 4) is 11.3 Å². The van der Waals surface area contributed by atoms with Crippen LogP contribution in [0.1, 0.15) is 0 Å². The molecule has 3 nitrogen and oxygen atoms in total. The van der Waals surface area contributed by atoms with E-state index in [9.17, 15) is 0 Å². The Morgan fingerprint density at radius 2 is 1.58 bits per heavy atom. The summed E-state index contributed by atoms with van der Waals surface area (Å²) in [5.41, 5.74) is 4.65. The number of nitrogens with one attached hydrogen (secondary N) is 1. The van der Waals surface area contributed by atoms with Gasteiger partial charge in [0.2, 0.25) is 0 Å². The van der Waals surface area contributed by atoms with Gasteiger partial charge in [-0.25, -0.2) is 4.98 Å². The fourth-order valence-corrected chi connectivity index (χ4v) is 2.91. The molecule has 2 aromatic heterocycles. The zero-order chi connectivity index (χ0) is 16.4. The first kappa shape index (κ1) is 14.7. The van der Waals surface area contributed by atoms with E-state index >= 15 is 0 Å². The molecule has 4 aromatic rings. The lowest BCUT2D eigenvalue weighted by Gasteiger charge is -2.12. The van der Waals surface area contributed by atoms with Crippen LogP contribution in [0.2, 0.25) is 5.02 Å². The summed E-state index contributed by atoms with van der Waals surface area (Å²) in [7, 11) is 0. The minimum atomic E-state index is 0.690. The molecule has 4 rings (SSSR count). The van der Waals surface area contributed by atoms with Crippen molar-refractivity contribution in [3.05, 3.63) is 84.1 Å². The largest absolute Gasteiger partial charge is 0.355 e. The highest BCUT2D eigenvalue weighted by Gasteiger charge is 2.10. The SMILES string of the molecule is Clc1ccccc1-c1cc(Nc2ccncc2)c2ccccc2n1.